The summed E-state index contributed by atoms with van der Waals surface area (Å²) in [5.41, 5.74) is 11.9. The van der Waals surface area contributed by atoms with Crippen molar-refractivity contribution in [1.82, 2.24) is 10.6 Å². The van der Waals surface area contributed by atoms with Crippen molar-refractivity contribution in [2.75, 3.05) is 6.54 Å². The fraction of sp³-hybridized carbons (Fsp3) is 0.500. The molecular formula is C20H30N4O6. The second kappa shape index (κ2) is 13.3. The van der Waals surface area contributed by atoms with E-state index in [2.05, 4.69) is 10.6 Å². The number of carboxylic acids is 2. The smallest absolute Gasteiger partial charge is 0.326 e. The molecule has 0 saturated heterocycles. The Labute approximate surface area is 175 Å². The van der Waals surface area contributed by atoms with E-state index in [1.165, 1.54) is 0 Å². The Kier molecular flexibility index (Phi) is 11.1. The van der Waals surface area contributed by atoms with Crippen molar-refractivity contribution in [2.24, 2.45) is 11.5 Å². The van der Waals surface area contributed by atoms with Crippen molar-refractivity contribution in [3.8, 4) is 0 Å². The molecule has 0 fully saturated rings. The number of nitrogens with one attached hydrogen (secondary N) is 2. The van der Waals surface area contributed by atoms with E-state index in [-0.39, 0.29) is 25.7 Å². The number of carboxylic acid groups (broad SMARTS) is 2. The van der Waals surface area contributed by atoms with Gasteiger partial charge in [-0.25, -0.2) is 4.79 Å². The average Bonchev–Trinajstić information content (AvgIpc) is 2.71. The van der Waals surface area contributed by atoms with Gasteiger partial charge in [-0.3, -0.25) is 14.4 Å². The largest absolute Gasteiger partial charge is 0.481 e. The molecule has 10 heteroatoms. The average molecular weight is 422 g/mol. The van der Waals surface area contributed by atoms with Crippen LogP contribution in [0.5, 0.6) is 0 Å². The number of amides is 2. The van der Waals surface area contributed by atoms with Crippen molar-refractivity contribution in [1.29, 1.82) is 0 Å². The Bertz CT molecular complexity index is 713. The zero-order chi connectivity index (χ0) is 22.5. The molecular weight excluding hydrogens is 392 g/mol. The van der Waals surface area contributed by atoms with Crippen LogP contribution in [0, 0.1) is 0 Å². The van der Waals surface area contributed by atoms with Gasteiger partial charge in [0, 0.05) is 12.8 Å². The lowest BCUT2D eigenvalue weighted by atomic mass is 10.0. The third-order valence-corrected chi connectivity index (χ3v) is 4.48. The molecule has 0 saturated carbocycles. The topological polar surface area (TPSA) is 185 Å². The first-order valence-corrected chi connectivity index (χ1v) is 9.79. The first-order chi connectivity index (χ1) is 14.2. The molecule has 0 spiro atoms. The van der Waals surface area contributed by atoms with Crippen LogP contribution in [0.25, 0.3) is 0 Å². The standard InChI is InChI=1S/C20H30N4O6/c21-11-5-4-8-15(23-18(27)14(22)9-10-17(25)26)19(28)24-16(20(29)30)12-13-6-2-1-3-7-13/h1-3,6-7,14-16H,4-5,8-12,21-22H2,(H,23,27)(H,24,28)(H,25,26)(H,29,30)/t14-,15-,16+/m1/s1. The minimum absolute atomic E-state index is 0.0793. The second-order valence-electron chi connectivity index (χ2n) is 6.97. The van der Waals surface area contributed by atoms with E-state index < -0.39 is 41.9 Å². The first kappa shape index (κ1) is 25.1. The molecule has 0 bridgehead atoms. The first-order valence-electron chi connectivity index (χ1n) is 9.79. The van der Waals surface area contributed by atoms with Crippen LogP contribution in [0.15, 0.2) is 30.3 Å². The highest BCUT2D eigenvalue weighted by atomic mass is 16.4. The summed E-state index contributed by atoms with van der Waals surface area (Å²) in [5, 5.41) is 23.2. The predicted octanol–water partition coefficient (Wildman–Crippen LogP) is -0.396. The monoisotopic (exact) mass is 422 g/mol. The van der Waals surface area contributed by atoms with Crippen molar-refractivity contribution in [3.63, 3.8) is 0 Å². The van der Waals surface area contributed by atoms with Gasteiger partial charge >= 0.3 is 11.9 Å². The maximum atomic E-state index is 12.7. The zero-order valence-corrected chi connectivity index (χ0v) is 16.8. The second-order valence-corrected chi connectivity index (χ2v) is 6.97. The summed E-state index contributed by atoms with van der Waals surface area (Å²) in [4.78, 5) is 47.2. The van der Waals surface area contributed by atoms with Crippen molar-refractivity contribution in [3.05, 3.63) is 35.9 Å². The molecule has 0 aromatic heterocycles. The summed E-state index contributed by atoms with van der Waals surface area (Å²) in [6.07, 6.45) is 1.13. The van der Waals surface area contributed by atoms with Gasteiger partial charge in [-0.1, -0.05) is 30.3 Å². The molecule has 3 atom stereocenters. The van der Waals surface area contributed by atoms with Crippen LogP contribution in [-0.4, -0.2) is 58.6 Å². The van der Waals surface area contributed by atoms with Gasteiger partial charge in [0.2, 0.25) is 11.8 Å². The van der Waals surface area contributed by atoms with Crippen LogP contribution in [0.4, 0.5) is 0 Å². The highest BCUT2D eigenvalue weighted by Gasteiger charge is 2.28. The molecule has 8 N–H and O–H groups in total. The Morgan fingerprint density at radius 1 is 0.900 bits per heavy atom. The third-order valence-electron chi connectivity index (χ3n) is 4.48. The minimum atomic E-state index is -1.20. The maximum absolute atomic E-state index is 12.7. The quantitative estimate of drug-likeness (QED) is 0.219. The molecule has 1 rings (SSSR count). The van der Waals surface area contributed by atoms with Crippen LogP contribution >= 0.6 is 0 Å². The Morgan fingerprint density at radius 2 is 1.53 bits per heavy atom. The number of carbonyl (C=O) groups is 4. The highest BCUT2D eigenvalue weighted by molar-refractivity contribution is 5.91. The van der Waals surface area contributed by atoms with Gasteiger partial charge in [0.05, 0.1) is 6.04 Å². The lowest BCUT2D eigenvalue weighted by Gasteiger charge is -2.23. The van der Waals surface area contributed by atoms with Crippen LogP contribution in [0.2, 0.25) is 0 Å². The van der Waals surface area contributed by atoms with Crippen molar-refractivity contribution < 1.29 is 29.4 Å². The van der Waals surface area contributed by atoms with Crippen molar-refractivity contribution >= 4 is 23.8 Å². The fourth-order valence-electron chi connectivity index (χ4n) is 2.77. The summed E-state index contributed by atoms with van der Waals surface area (Å²) < 4.78 is 0. The van der Waals surface area contributed by atoms with E-state index in [0.717, 1.165) is 5.56 Å². The number of nitrogens with two attached hydrogens (primary N) is 2. The molecule has 0 aliphatic carbocycles. The minimum Gasteiger partial charge on any atom is -0.481 e. The van der Waals surface area contributed by atoms with Gasteiger partial charge in [0.1, 0.15) is 12.1 Å². The predicted molar refractivity (Wildman–Crippen MR) is 109 cm³/mol. The summed E-state index contributed by atoms with van der Waals surface area (Å²) in [5.74, 6) is -3.59. The number of rotatable bonds is 14. The summed E-state index contributed by atoms with van der Waals surface area (Å²) >= 11 is 0. The molecule has 166 valence electrons. The Morgan fingerprint density at radius 3 is 2.10 bits per heavy atom. The number of aliphatic carboxylic acids is 2. The third kappa shape index (κ3) is 9.48. The van der Waals surface area contributed by atoms with E-state index in [0.29, 0.717) is 19.4 Å². The molecule has 2 amide bonds. The summed E-state index contributed by atoms with van der Waals surface area (Å²) in [6, 6.07) is 5.58. The summed E-state index contributed by atoms with van der Waals surface area (Å²) in [6.45, 7) is 0.409. The molecule has 10 nitrogen and oxygen atoms in total. The van der Waals surface area contributed by atoms with E-state index in [9.17, 15) is 24.3 Å². The van der Waals surface area contributed by atoms with E-state index >= 15 is 0 Å². The normalized spacial score (nSPS) is 13.7. The maximum Gasteiger partial charge on any atom is 0.326 e. The van der Waals surface area contributed by atoms with Crippen LogP contribution < -0.4 is 22.1 Å². The number of benzene rings is 1. The molecule has 0 unspecified atom stereocenters. The van der Waals surface area contributed by atoms with E-state index in [4.69, 9.17) is 16.6 Å². The zero-order valence-electron chi connectivity index (χ0n) is 16.8. The highest BCUT2D eigenvalue weighted by Crippen LogP contribution is 2.07. The van der Waals surface area contributed by atoms with Crippen LogP contribution in [0.1, 0.15) is 37.7 Å². The van der Waals surface area contributed by atoms with Gasteiger partial charge in [0.25, 0.3) is 0 Å². The summed E-state index contributed by atoms with van der Waals surface area (Å²) in [7, 11) is 0. The van der Waals surface area contributed by atoms with Gasteiger partial charge in [-0.15, -0.1) is 0 Å². The van der Waals surface area contributed by atoms with Gasteiger partial charge in [-0.2, -0.15) is 0 Å². The lowest BCUT2D eigenvalue weighted by molar-refractivity contribution is -0.142. The Balaban J connectivity index is 2.80. The molecule has 0 heterocycles. The molecule has 1 aromatic rings. The number of hydrogen-bond donors (Lipinski definition) is 6. The molecule has 0 aliphatic heterocycles. The van der Waals surface area contributed by atoms with Crippen LogP contribution in [0.3, 0.4) is 0 Å². The molecule has 30 heavy (non-hydrogen) atoms. The van der Waals surface area contributed by atoms with Gasteiger partial charge < -0.3 is 32.3 Å². The van der Waals surface area contributed by atoms with Crippen molar-refractivity contribution in [2.45, 2.75) is 56.7 Å². The van der Waals surface area contributed by atoms with Crippen LogP contribution in [-0.2, 0) is 25.6 Å². The number of unbranched alkanes of at least 4 members (excludes halogenated alkanes) is 1. The van der Waals surface area contributed by atoms with E-state index in [1.54, 1.807) is 30.3 Å². The Hall–Kier alpha value is -2.98. The van der Waals surface area contributed by atoms with E-state index in [1.807, 2.05) is 0 Å². The van der Waals surface area contributed by atoms with Gasteiger partial charge in [-0.05, 0) is 37.8 Å². The lowest BCUT2D eigenvalue weighted by Crippen LogP contribution is -2.54. The molecule has 1 aromatic carbocycles. The molecule has 0 radical (unpaired) electrons. The molecule has 0 aliphatic rings. The fourth-order valence-corrected chi connectivity index (χ4v) is 2.77. The number of carbonyl (C=O) groups excluding carboxylic acids is 2. The SMILES string of the molecule is NCCCC[C@@H](NC(=O)[C@H](N)CCC(=O)O)C(=O)N[C@@H](Cc1ccccc1)C(=O)O. The number of hydrogen-bond acceptors (Lipinski definition) is 6. The van der Waals surface area contributed by atoms with Gasteiger partial charge in [0.15, 0.2) is 0 Å².